The Kier molecular flexibility index (Phi) is 3.18. The molecule has 1 aromatic carbocycles. The Bertz CT molecular complexity index is 486. The number of benzene rings is 1. The summed E-state index contributed by atoms with van der Waals surface area (Å²) in [5.41, 5.74) is 2.97. The van der Waals surface area contributed by atoms with Crippen molar-refractivity contribution in [2.75, 3.05) is 0 Å². The van der Waals surface area contributed by atoms with E-state index in [1.54, 1.807) is 0 Å². The average Bonchev–Trinajstić information content (AvgIpc) is 3.00. The van der Waals surface area contributed by atoms with Crippen molar-refractivity contribution in [3.8, 4) is 0 Å². The molecule has 0 saturated heterocycles. The van der Waals surface area contributed by atoms with E-state index < -0.39 is 8.32 Å². The maximum Gasteiger partial charge on any atom is 0.184 e. The number of rotatable bonds is 3. The molecule has 1 fully saturated rings. The summed E-state index contributed by atoms with van der Waals surface area (Å²) in [5.74, 6) is 0.778. The minimum absolute atomic E-state index is 0.0894. The molecule has 2 atom stereocenters. The smallest absolute Gasteiger partial charge is 0.184 e. The van der Waals surface area contributed by atoms with Crippen molar-refractivity contribution >= 4 is 13.9 Å². The van der Waals surface area contributed by atoms with Crippen molar-refractivity contribution in [3.63, 3.8) is 0 Å². The summed E-state index contributed by atoms with van der Waals surface area (Å²) in [6.45, 7) is 6.91. The fourth-order valence-electron chi connectivity index (χ4n) is 3.36. The molecule has 2 heteroatoms. The first-order valence-electron chi connectivity index (χ1n) is 7.46. The van der Waals surface area contributed by atoms with Gasteiger partial charge in [0.05, 0.1) is 5.60 Å². The van der Waals surface area contributed by atoms with Crippen molar-refractivity contribution in [1.29, 1.82) is 0 Å². The second-order valence-corrected chi connectivity index (χ2v) is 11.4. The summed E-state index contributed by atoms with van der Waals surface area (Å²) in [6.07, 6.45) is 7.56. The Morgan fingerprint density at radius 1 is 1.16 bits per heavy atom. The summed E-state index contributed by atoms with van der Waals surface area (Å²) in [6, 6.07) is 10.8. The molecule has 1 aromatic rings. The molecule has 0 heterocycles. The van der Waals surface area contributed by atoms with Gasteiger partial charge in [0.1, 0.15) is 0 Å². The van der Waals surface area contributed by atoms with E-state index in [1.807, 2.05) is 0 Å². The number of hydrogen-bond donors (Lipinski definition) is 0. The zero-order valence-electron chi connectivity index (χ0n) is 12.3. The SMILES string of the molecule is C[Si](C)(C)OC12C=C(c3ccccc3)CCCC1C2. The van der Waals surface area contributed by atoms with E-state index in [9.17, 15) is 0 Å². The quantitative estimate of drug-likeness (QED) is 0.714. The van der Waals surface area contributed by atoms with Crippen LogP contribution in [-0.4, -0.2) is 13.9 Å². The van der Waals surface area contributed by atoms with Gasteiger partial charge >= 0.3 is 0 Å². The Morgan fingerprint density at radius 3 is 2.58 bits per heavy atom. The molecule has 0 bridgehead atoms. The molecule has 102 valence electrons. The van der Waals surface area contributed by atoms with Crippen LogP contribution in [0, 0.1) is 5.92 Å². The third-order valence-corrected chi connectivity index (χ3v) is 5.15. The zero-order chi connectivity index (χ0) is 13.5. The van der Waals surface area contributed by atoms with E-state index in [-0.39, 0.29) is 5.60 Å². The average molecular weight is 272 g/mol. The Labute approximate surface area is 117 Å². The van der Waals surface area contributed by atoms with Crippen LogP contribution in [0.25, 0.3) is 5.57 Å². The van der Waals surface area contributed by atoms with Crippen LogP contribution >= 0.6 is 0 Å². The summed E-state index contributed by atoms with van der Waals surface area (Å²) in [5, 5.41) is 0. The molecule has 3 rings (SSSR count). The van der Waals surface area contributed by atoms with Crippen molar-refractivity contribution in [3.05, 3.63) is 42.0 Å². The molecule has 2 aliphatic rings. The van der Waals surface area contributed by atoms with Gasteiger partial charge in [-0.3, -0.25) is 0 Å². The van der Waals surface area contributed by atoms with Crippen LogP contribution in [0.2, 0.25) is 19.6 Å². The first-order valence-corrected chi connectivity index (χ1v) is 10.9. The fraction of sp³-hybridized carbons (Fsp3) is 0.529. The molecule has 0 radical (unpaired) electrons. The third kappa shape index (κ3) is 2.85. The van der Waals surface area contributed by atoms with Gasteiger partial charge in [-0.15, -0.1) is 0 Å². The second kappa shape index (κ2) is 4.60. The highest BCUT2D eigenvalue weighted by molar-refractivity contribution is 6.69. The number of fused-ring (bicyclic) bond motifs is 1. The van der Waals surface area contributed by atoms with Gasteiger partial charge in [-0.25, -0.2) is 0 Å². The lowest BCUT2D eigenvalue weighted by molar-refractivity contribution is 0.201. The molecular formula is C17H24OSi. The van der Waals surface area contributed by atoms with Gasteiger partial charge in [0, 0.05) is 0 Å². The van der Waals surface area contributed by atoms with E-state index in [0.29, 0.717) is 0 Å². The first kappa shape index (κ1) is 13.1. The molecule has 19 heavy (non-hydrogen) atoms. The molecule has 2 aliphatic carbocycles. The van der Waals surface area contributed by atoms with E-state index in [0.717, 1.165) is 5.92 Å². The maximum atomic E-state index is 6.53. The fourth-order valence-corrected chi connectivity index (χ4v) is 4.81. The molecule has 1 saturated carbocycles. The van der Waals surface area contributed by atoms with Crippen molar-refractivity contribution in [2.45, 2.75) is 50.9 Å². The van der Waals surface area contributed by atoms with Crippen molar-refractivity contribution in [1.82, 2.24) is 0 Å². The van der Waals surface area contributed by atoms with E-state index in [4.69, 9.17) is 4.43 Å². The van der Waals surface area contributed by atoms with E-state index in [2.05, 4.69) is 56.0 Å². The number of allylic oxidation sites excluding steroid dienone is 1. The molecule has 0 amide bonds. The van der Waals surface area contributed by atoms with Crippen molar-refractivity contribution in [2.24, 2.45) is 5.92 Å². The predicted octanol–water partition coefficient (Wildman–Crippen LogP) is 4.86. The summed E-state index contributed by atoms with van der Waals surface area (Å²) in [4.78, 5) is 0. The van der Waals surface area contributed by atoms with Crippen LogP contribution in [0.15, 0.2) is 36.4 Å². The molecule has 0 aromatic heterocycles. The minimum Gasteiger partial charge on any atom is -0.408 e. The predicted molar refractivity (Wildman–Crippen MR) is 83.5 cm³/mol. The highest BCUT2D eigenvalue weighted by Crippen LogP contribution is 2.55. The molecule has 1 nitrogen and oxygen atoms in total. The normalized spacial score (nSPS) is 30.3. The molecule has 0 aliphatic heterocycles. The third-order valence-electron chi connectivity index (χ3n) is 4.15. The van der Waals surface area contributed by atoms with Crippen LogP contribution in [0.4, 0.5) is 0 Å². The lowest BCUT2D eigenvalue weighted by Gasteiger charge is -2.25. The van der Waals surface area contributed by atoms with E-state index in [1.165, 1.54) is 36.8 Å². The van der Waals surface area contributed by atoms with Crippen molar-refractivity contribution < 1.29 is 4.43 Å². The van der Waals surface area contributed by atoms with Crippen LogP contribution in [0.5, 0.6) is 0 Å². The monoisotopic (exact) mass is 272 g/mol. The van der Waals surface area contributed by atoms with Crippen LogP contribution in [0.3, 0.4) is 0 Å². The zero-order valence-corrected chi connectivity index (χ0v) is 13.3. The standard InChI is InChI=1S/C17H24OSi/c1-19(2,3)18-17-12-15(10-7-11-16(17)13-17)14-8-5-4-6-9-14/h4-6,8-9,12,16H,7,10-11,13H2,1-3H3. The van der Waals surface area contributed by atoms with Gasteiger partial charge in [-0.05, 0) is 68.5 Å². The largest absolute Gasteiger partial charge is 0.408 e. The highest BCUT2D eigenvalue weighted by Gasteiger charge is 2.55. The second-order valence-electron chi connectivity index (χ2n) is 7.00. The van der Waals surface area contributed by atoms with Gasteiger partial charge in [0.25, 0.3) is 0 Å². The number of hydrogen-bond acceptors (Lipinski definition) is 1. The van der Waals surface area contributed by atoms with Gasteiger partial charge in [-0.1, -0.05) is 30.3 Å². The minimum atomic E-state index is -1.47. The molecule has 0 spiro atoms. The van der Waals surface area contributed by atoms with Crippen LogP contribution < -0.4 is 0 Å². The van der Waals surface area contributed by atoms with Gasteiger partial charge in [-0.2, -0.15) is 0 Å². The van der Waals surface area contributed by atoms with E-state index >= 15 is 0 Å². The lowest BCUT2D eigenvalue weighted by Crippen LogP contribution is -2.33. The summed E-state index contributed by atoms with van der Waals surface area (Å²) in [7, 11) is -1.47. The Hall–Kier alpha value is -0.863. The van der Waals surface area contributed by atoms with Gasteiger partial charge < -0.3 is 4.43 Å². The van der Waals surface area contributed by atoms with Gasteiger partial charge in [0.2, 0.25) is 0 Å². The molecular weight excluding hydrogens is 248 g/mol. The summed E-state index contributed by atoms with van der Waals surface area (Å²) >= 11 is 0. The Balaban J connectivity index is 1.90. The maximum absolute atomic E-state index is 6.53. The Morgan fingerprint density at radius 2 is 1.89 bits per heavy atom. The summed E-state index contributed by atoms with van der Waals surface area (Å²) < 4.78 is 6.53. The van der Waals surface area contributed by atoms with Crippen LogP contribution in [-0.2, 0) is 4.43 Å². The molecule has 0 N–H and O–H groups in total. The first-order chi connectivity index (χ1) is 8.99. The van der Waals surface area contributed by atoms with Crippen LogP contribution in [0.1, 0.15) is 31.2 Å². The topological polar surface area (TPSA) is 9.23 Å². The van der Waals surface area contributed by atoms with Gasteiger partial charge in [0.15, 0.2) is 8.32 Å². The lowest BCUT2D eigenvalue weighted by atomic mass is 10.00. The highest BCUT2D eigenvalue weighted by atomic mass is 28.4. The molecule has 2 unspecified atom stereocenters.